The van der Waals surface area contributed by atoms with Crippen LogP contribution in [-0.4, -0.2) is 29.3 Å². The molecule has 112 valence electrons. The van der Waals surface area contributed by atoms with Crippen molar-refractivity contribution in [1.29, 1.82) is 0 Å². The molecule has 4 amide bonds. The molecule has 1 heterocycles. The van der Waals surface area contributed by atoms with Gasteiger partial charge in [0.2, 0.25) is 11.8 Å². The molecule has 2 fully saturated rings. The van der Waals surface area contributed by atoms with Gasteiger partial charge in [0.15, 0.2) is 0 Å². The molecule has 0 radical (unpaired) electrons. The Bertz CT molecular complexity index is 415. The van der Waals surface area contributed by atoms with Crippen LogP contribution in [0, 0.1) is 11.3 Å². The summed E-state index contributed by atoms with van der Waals surface area (Å²) in [5, 5.41) is 2.37. The molecule has 1 N–H and O–H groups in total. The van der Waals surface area contributed by atoms with Crippen LogP contribution in [0.4, 0.5) is 4.79 Å². The van der Waals surface area contributed by atoms with Crippen molar-refractivity contribution in [2.45, 2.75) is 58.8 Å². The number of nitrogens with one attached hydrogen (secondary N) is 1. The van der Waals surface area contributed by atoms with Gasteiger partial charge in [-0.2, -0.15) is 0 Å². The Morgan fingerprint density at radius 1 is 1.25 bits per heavy atom. The third-order valence-corrected chi connectivity index (χ3v) is 4.75. The monoisotopic (exact) mass is 280 g/mol. The van der Waals surface area contributed by atoms with Gasteiger partial charge in [-0.1, -0.05) is 39.5 Å². The Kier molecular flexibility index (Phi) is 4.45. The Balaban J connectivity index is 2.07. The molecule has 0 aromatic rings. The average Bonchev–Trinajstić information content (AvgIpc) is 2.36. The largest absolute Gasteiger partial charge is 0.330 e. The van der Waals surface area contributed by atoms with Gasteiger partial charge in [0.1, 0.15) is 5.41 Å². The van der Waals surface area contributed by atoms with E-state index in [-0.39, 0.29) is 5.91 Å². The van der Waals surface area contributed by atoms with Gasteiger partial charge >= 0.3 is 6.03 Å². The summed E-state index contributed by atoms with van der Waals surface area (Å²) < 4.78 is 0. The van der Waals surface area contributed by atoms with Crippen molar-refractivity contribution in [1.82, 2.24) is 10.2 Å². The molecule has 2 aliphatic rings. The third-order valence-electron chi connectivity index (χ3n) is 4.75. The molecule has 5 heteroatoms. The molecule has 1 spiro atoms. The number of nitrogens with zero attached hydrogens (tertiary/aromatic N) is 1. The quantitative estimate of drug-likeness (QED) is 0.760. The zero-order valence-corrected chi connectivity index (χ0v) is 12.4. The molecule has 1 atom stereocenters. The van der Waals surface area contributed by atoms with Gasteiger partial charge in [0.05, 0.1) is 0 Å². The van der Waals surface area contributed by atoms with E-state index in [1.165, 1.54) is 4.90 Å². The van der Waals surface area contributed by atoms with Gasteiger partial charge in [0, 0.05) is 6.54 Å². The lowest BCUT2D eigenvalue weighted by Gasteiger charge is -2.45. The Labute approximate surface area is 120 Å². The van der Waals surface area contributed by atoms with Crippen molar-refractivity contribution >= 4 is 17.8 Å². The zero-order valence-electron chi connectivity index (χ0n) is 12.4. The maximum atomic E-state index is 12.5. The summed E-state index contributed by atoms with van der Waals surface area (Å²) in [6.07, 6.45) is 6.21. The van der Waals surface area contributed by atoms with Crippen molar-refractivity contribution in [3.63, 3.8) is 0 Å². The molecular formula is C15H24N2O3. The molecule has 1 saturated heterocycles. The van der Waals surface area contributed by atoms with E-state index in [1.807, 2.05) is 0 Å². The highest BCUT2D eigenvalue weighted by Gasteiger charge is 2.57. The van der Waals surface area contributed by atoms with Crippen LogP contribution in [0.1, 0.15) is 58.8 Å². The first kappa shape index (κ1) is 15.0. The summed E-state index contributed by atoms with van der Waals surface area (Å²) in [4.78, 5) is 37.7. The van der Waals surface area contributed by atoms with E-state index >= 15 is 0 Å². The van der Waals surface area contributed by atoms with Gasteiger partial charge in [-0.3, -0.25) is 19.8 Å². The molecule has 0 aromatic heterocycles. The number of hydrogen-bond donors (Lipinski definition) is 1. The Morgan fingerprint density at radius 3 is 2.45 bits per heavy atom. The van der Waals surface area contributed by atoms with Crippen LogP contribution in [0.3, 0.4) is 0 Å². The SMILES string of the molecule is CCCCC(CC)CN1C(=O)NC(=O)C2(CCC2)C1=O. The number of urea groups is 1. The van der Waals surface area contributed by atoms with Crippen LogP contribution in [0.25, 0.3) is 0 Å². The van der Waals surface area contributed by atoms with Crippen molar-refractivity contribution < 1.29 is 14.4 Å². The van der Waals surface area contributed by atoms with E-state index in [1.54, 1.807) is 0 Å². The first-order chi connectivity index (χ1) is 9.55. The van der Waals surface area contributed by atoms with Gasteiger partial charge in [-0.25, -0.2) is 4.79 Å². The second-order valence-corrected chi connectivity index (χ2v) is 6.03. The topological polar surface area (TPSA) is 66.5 Å². The maximum Gasteiger partial charge on any atom is 0.330 e. The summed E-state index contributed by atoms with van der Waals surface area (Å²) in [7, 11) is 0. The van der Waals surface area contributed by atoms with E-state index in [0.29, 0.717) is 25.3 Å². The van der Waals surface area contributed by atoms with Gasteiger partial charge < -0.3 is 0 Å². The number of imide groups is 2. The highest BCUT2D eigenvalue weighted by molar-refractivity contribution is 6.19. The summed E-state index contributed by atoms with van der Waals surface area (Å²) in [5.74, 6) is -0.334. The van der Waals surface area contributed by atoms with Crippen LogP contribution in [0.15, 0.2) is 0 Å². The van der Waals surface area contributed by atoms with Crippen molar-refractivity contribution in [2.75, 3.05) is 6.54 Å². The van der Waals surface area contributed by atoms with Crippen LogP contribution >= 0.6 is 0 Å². The highest BCUT2D eigenvalue weighted by Crippen LogP contribution is 2.44. The normalized spacial score (nSPS) is 22.7. The number of rotatable bonds is 6. The first-order valence-corrected chi connectivity index (χ1v) is 7.72. The number of hydrogen-bond acceptors (Lipinski definition) is 3. The second kappa shape index (κ2) is 5.94. The maximum absolute atomic E-state index is 12.5. The lowest BCUT2D eigenvalue weighted by Crippen LogP contribution is -2.66. The fourth-order valence-corrected chi connectivity index (χ4v) is 3.04. The lowest BCUT2D eigenvalue weighted by atomic mass is 9.66. The predicted octanol–water partition coefficient (Wildman–Crippen LogP) is 2.45. The number of carbonyl (C=O) groups is 3. The minimum absolute atomic E-state index is 0.271. The number of barbiturate groups is 1. The lowest BCUT2D eigenvalue weighted by molar-refractivity contribution is -0.158. The zero-order chi connectivity index (χ0) is 14.8. The van der Waals surface area contributed by atoms with Crippen molar-refractivity contribution in [3.05, 3.63) is 0 Å². The van der Waals surface area contributed by atoms with Gasteiger partial charge in [-0.05, 0) is 25.2 Å². The molecule has 1 saturated carbocycles. The Hall–Kier alpha value is -1.39. The second-order valence-electron chi connectivity index (χ2n) is 6.03. The van der Waals surface area contributed by atoms with Crippen LogP contribution in [0.5, 0.6) is 0 Å². The van der Waals surface area contributed by atoms with Crippen LogP contribution < -0.4 is 5.32 Å². The molecule has 1 aliphatic heterocycles. The minimum Gasteiger partial charge on any atom is -0.277 e. The smallest absolute Gasteiger partial charge is 0.277 e. The first-order valence-electron chi connectivity index (χ1n) is 7.72. The summed E-state index contributed by atoms with van der Waals surface area (Å²) in [5.41, 5.74) is -0.934. The molecule has 5 nitrogen and oxygen atoms in total. The summed E-state index contributed by atoms with van der Waals surface area (Å²) in [6, 6.07) is -0.535. The number of carbonyl (C=O) groups excluding carboxylic acids is 3. The molecule has 0 bridgehead atoms. The molecule has 1 aliphatic carbocycles. The standard InChI is InChI=1S/C15H24N2O3/c1-3-5-7-11(4-2)10-17-13(19)15(8-6-9-15)12(18)16-14(17)20/h11H,3-10H2,1-2H3,(H,16,18,20). The van der Waals surface area contributed by atoms with Crippen molar-refractivity contribution in [3.8, 4) is 0 Å². The predicted molar refractivity (Wildman–Crippen MR) is 74.8 cm³/mol. The molecular weight excluding hydrogens is 256 g/mol. The van der Waals surface area contributed by atoms with E-state index in [4.69, 9.17) is 0 Å². The average molecular weight is 280 g/mol. The Morgan fingerprint density at radius 2 is 1.95 bits per heavy atom. The third kappa shape index (κ3) is 2.45. The minimum atomic E-state index is -0.934. The summed E-state index contributed by atoms with van der Waals surface area (Å²) in [6.45, 7) is 4.65. The van der Waals surface area contributed by atoms with Gasteiger partial charge in [-0.15, -0.1) is 0 Å². The fraction of sp³-hybridized carbons (Fsp3) is 0.800. The van der Waals surface area contributed by atoms with Gasteiger partial charge in [0.25, 0.3) is 0 Å². The van der Waals surface area contributed by atoms with E-state index in [9.17, 15) is 14.4 Å². The molecule has 2 rings (SSSR count). The van der Waals surface area contributed by atoms with Crippen LogP contribution in [-0.2, 0) is 9.59 Å². The summed E-state index contributed by atoms with van der Waals surface area (Å²) >= 11 is 0. The van der Waals surface area contributed by atoms with Crippen molar-refractivity contribution in [2.24, 2.45) is 11.3 Å². The highest BCUT2D eigenvalue weighted by atomic mass is 16.2. The fourth-order valence-electron chi connectivity index (χ4n) is 3.04. The molecule has 0 aromatic carbocycles. The molecule has 20 heavy (non-hydrogen) atoms. The van der Waals surface area contributed by atoms with E-state index in [2.05, 4.69) is 19.2 Å². The number of unbranched alkanes of at least 4 members (excludes halogenated alkanes) is 1. The molecule has 1 unspecified atom stereocenters. The van der Waals surface area contributed by atoms with E-state index in [0.717, 1.165) is 32.1 Å². The number of amides is 4. The van der Waals surface area contributed by atoms with Crippen LogP contribution in [0.2, 0.25) is 0 Å². The van der Waals surface area contributed by atoms with E-state index < -0.39 is 17.4 Å².